The van der Waals surface area contributed by atoms with Gasteiger partial charge in [-0.15, -0.1) is 0 Å². The summed E-state index contributed by atoms with van der Waals surface area (Å²) < 4.78 is 5.33. The molecule has 6 heteroatoms. The summed E-state index contributed by atoms with van der Waals surface area (Å²) in [7, 11) is 0. The van der Waals surface area contributed by atoms with Crippen LogP contribution >= 0.6 is 0 Å². The summed E-state index contributed by atoms with van der Waals surface area (Å²) in [5.41, 5.74) is 1.48. The first-order chi connectivity index (χ1) is 10.7. The molecule has 0 aliphatic carbocycles. The van der Waals surface area contributed by atoms with Crippen LogP contribution in [-0.2, 0) is 16.0 Å². The molecule has 2 aromatic rings. The number of nitrogens with zero attached hydrogens (tertiary/aromatic N) is 2. The van der Waals surface area contributed by atoms with Gasteiger partial charge in [0.1, 0.15) is 12.4 Å². The van der Waals surface area contributed by atoms with E-state index in [0.29, 0.717) is 18.1 Å². The van der Waals surface area contributed by atoms with Crippen LogP contribution in [0.2, 0.25) is 0 Å². The van der Waals surface area contributed by atoms with Crippen LogP contribution in [0.15, 0.2) is 24.3 Å². The molecule has 1 amide bonds. The normalized spacial score (nSPS) is 10.6. The average Bonchev–Trinajstić information content (AvgIpc) is 3.01. The molecule has 0 unspecified atom stereocenters. The third kappa shape index (κ3) is 4.39. The Morgan fingerprint density at radius 3 is 2.86 bits per heavy atom. The van der Waals surface area contributed by atoms with Crippen LogP contribution in [0.5, 0.6) is 0 Å². The molecule has 0 spiro atoms. The monoisotopic (exact) mass is 302 g/mol. The number of benzene rings is 1. The largest absolute Gasteiger partial charge is 0.372 e. The summed E-state index contributed by atoms with van der Waals surface area (Å²) in [4.78, 5) is 16.3. The molecule has 1 heterocycles. The molecule has 0 saturated carbocycles. The maximum atomic E-state index is 11.9. The van der Waals surface area contributed by atoms with Crippen LogP contribution in [0.4, 0.5) is 5.69 Å². The van der Waals surface area contributed by atoms with Crippen molar-refractivity contribution in [3.05, 3.63) is 30.1 Å². The number of nitrogens with one attached hydrogen (secondary N) is 2. The number of hydrogen-bond acceptors (Lipinski definition) is 4. The van der Waals surface area contributed by atoms with Crippen LogP contribution in [0.3, 0.4) is 0 Å². The molecule has 1 aromatic carbocycles. The molecule has 0 bridgehead atoms. The van der Waals surface area contributed by atoms with Crippen molar-refractivity contribution in [3.63, 3.8) is 0 Å². The van der Waals surface area contributed by atoms with E-state index in [1.54, 1.807) is 0 Å². The highest BCUT2D eigenvalue weighted by atomic mass is 16.5. The first kappa shape index (κ1) is 16.2. The van der Waals surface area contributed by atoms with Crippen LogP contribution < -0.4 is 5.32 Å². The van der Waals surface area contributed by atoms with E-state index in [4.69, 9.17) is 4.74 Å². The van der Waals surface area contributed by atoms with Crippen LogP contribution in [-0.4, -0.2) is 34.3 Å². The maximum Gasteiger partial charge on any atom is 0.250 e. The second kappa shape index (κ2) is 8.29. The number of unbranched alkanes of at least 4 members (excludes halogenated alkanes) is 1. The summed E-state index contributed by atoms with van der Waals surface area (Å²) in [6, 6.07) is 7.48. The second-order valence-electron chi connectivity index (χ2n) is 4.96. The van der Waals surface area contributed by atoms with Gasteiger partial charge in [-0.3, -0.25) is 9.89 Å². The number of amides is 1. The lowest BCUT2D eigenvalue weighted by Gasteiger charge is -2.09. The van der Waals surface area contributed by atoms with Crippen molar-refractivity contribution >= 4 is 11.6 Å². The fourth-order valence-corrected chi connectivity index (χ4v) is 1.96. The van der Waals surface area contributed by atoms with Crippen molar-refractivity contribution in [2.45, 2.75) is 33.1 Å². The number of carbonyl (C=O) groups excluding carboxylic acids is 1. The fraction of sp³-hybridized carbons (Fsp3) is 0.438. The zero-order valence-corrected chi connectivity index (χ0v) is 13.1. The summed E-state index contributed by atoms with van der Waals surface area (Å²) >= 11 is 0. The second-order valence-corrected chi connectivity index (χ2v) is 4.96. The van der Waals surface area contributed by atoms with Gasteiger partial charge in [-0.05, 0) is 18.6 Å². The van der Waals surface area contributed by atoms with E-state index in [0.717, 1.165) is 30.7 Å². The number of anilines is 1. The number of ether oxygens (including phenoxy) is 1. The van der Waals surface area contributed by atoms with Crippen LogP contribution in [0.1, 0.15) is 32.5 Å². The lowest BCUT2D eigenvalue weighted by atomic mass is 10.1. The highest BCUT2D eigenvalue weighted by Crippen LogP contribution is 2.24. The Morgan fingerprint density at radius 1 is 1.32 bits per heavy atom. The third-order valence-electron chi connectivity index (χ3n) is 3.18. The number of rotatable bonds is 8. The van der Waals surface area contributed by atoms with Crippen molar-refractivity contribution in [1.29, 1.82) is 0 Å². The molecule has 0 atom stereocenters. The number of aromatic amines is 1. The first-order valence-corrected chi connectivity index (χ1v) is 7.62. The fourth-order valence-electron chi connectivity index (χ4n) is 1.96. The van der Waals surface area contributed by atoms with E-state index in [-0.39, 0.29) is 12.5 Å². The number of H-pyrrole nitrogens is 1. The zero-order valence-electron chi connectivity index (χ0n) is 13.1. The third-order valence-corrected chi connectivity index (χ3v) is 3.18. The Labute approximate surface area is 130 Å². The highest BCUT2D eigenvalue weighted by Gasteiger charge is 2.12. The van der Waals surface area contributed by atoms with E-state index in [2.05, 4.69) is 27.4 Å². The molecule has 2 N–H and O–H groups in total. The number of carbonyl (C=O) groups is 1. The molecule has 0 radical (unpaired) electrons. The molecule has 22 heavy (non-hydrogen) atoms. The summed E-state index contributed by atoms with van der Waals surface area (Å²) in [6.07, 6.45) is 2.79. The zero-order chi connectivity index (χ0) is 15.8. The predicted octanol–water partition coefficient (Wildman–Crippen LogP) is 2.79. The topological polar surface area (TPSA) is 79.9 Å². The highest BCUT2D eigenvalue weighted by molar-refractivity contribution is 5.95. The van der Waals surface area contributed by atoms with Gasteiger partial charge in [0.2, 0.25) is 5.91 Å². The molecule has 0 fully saturated rings. The molecule has 118 valence electrons. The smallest absolute Gasteiger partial charge is 0.250 e. The van der Waals surface area contributed by atoms with E-state index in [1.807, 2.05) is 31.2 Å². The van der Waals surface area contributed by atoms with Crippen molar-refractivity contribution < 1.29 is 9.53 Å². The number of aryl methyl sites for hydroxylation is 1. The minimum absolute atomic E-state index is 0.0581. The maximum absolute atomic E-state index is 11.9. The van der Waals surface area contributed by atoms with Gasteiger partial charge < -0.3 is 10.1 Å². The Kier molecular flexibility index (Phi) is 6.09. The molecule has 2 rings (SSSR count). The van der Waals surface area contributed by atoms with E-state index >= 15 is 0 Å². The average molecular weight is 302 g/mol. The molecular weight excluding hydrogens is 280 g/mol. The number of aromatic nitrogens is 3. The molecule has 0 aliphatic heterocycles. The number of hydrogen-bond donors (Lipinski definition) is 2. The van der Waals surface area contributed by atoms with E-state index < -0.39 is 0 Å². The van der Waals surface area contributed by atoms with Gasteiger partial charge in [0.25, 0.3) is 0 Å². The standard InChI is InChI=1S/C16H22N4O2/c1-3-5-10-22-11-15(21)17-13-9-7-6-8-12(13)16-18-14(4-2)19-20-16/h6-9H,3-5,10-11H2,1-2H3,(H,17,21)(H,18,19,20). The van der Waals surface area contributed by atoms with E-state index in [9.17, 15) is 4.79 Å². The van der Waals surface area contributed by atoms with Crippen molar-refractivity contribution in [3.8, 4) is 11.4 Å². The molecule has 6 nitrogen and oxygen atoms in total. The van der Waals surface area contributed by atoms with Crippen molar-refractivity contribution in [1.82, 2.24) is 15.2 Å². The predicted molar refractivity (Wildman–Crippen MR) is 85.6 cm³/mol. The Morgan fingerprint density at radius 2 is 2.14 bits per heavy atom. The first-order valence-electron chi connectivity index (χ1n) is 7.62. The van der Waals surface area contributed by atoms with E-state index in [1.165, 1.54) is 0 Å². The quantitative estimate of drug-likeness (QED) is 0.735. The van der Waals surface area contributed by atoms with Gasteiger partial charge in [-0.25, -0.2) is 4.98 Å². The minimum atomic E-state index is -0.171. The van der Waals surface area contributed by atoms with Gasteiger partial charge in [0.15, 0.2) is 5.82 Å². The molecular formula is C16H22N4O2. The van der Waals surface area contributed by atoms with Gasteiger partial charge in [-0.1, -0.05) is 32.4 Å². The summed E-state index contributed by atoms with van der Waals surface area (Å²) in [5.74, 6) is 1.23. The lowest BCUT2D eigenvalue weighted by Crippen LogP contribution is -2.19. The minimum Gasteiger partial charge on any atom is -0.372 e. The summed E-state index contributed by atoms with van der Waals surface area (Å²) in [6.45, 7) is 4.75. The number of para-hydroxylation sites is 1. The Hall–Kier alpha value is -2.21. The van der Waals surface area contributed by atoms with Gasteiger partial charge in [0, 0.05) is 18.6 Å². The summed E-state index contributed by atoms with van der Waals surface area (Å²) in [5, 5.41) is 9.93. The van der Waals surface area contributed by atoms with Crippen molar-refractivity contribution in [2.24, 2.45) is 0 Å². The molecule has 1 aromatic heterocycles. The van der Waals surface area contributed by atoms with Gasteiger partial charge in [-0.2, -0.15) is 5.10 Å². The SMILES string of the molecule is CCCCOCC(=O)Nc1ccccc1-c1n[nH]c(CC)n1. The van der Waals surface area contributed by atoms with Crippen LogP contribution in [0.25, 0.3) is 11.4 Å². The van der Waals surface area contributed by atoms with Gasteiger partial charge >= 0.3 is 0 Å². The van der Waals surface area contributed by atoms with Gasteiger partial charge in [0.05, 0.1) is 5.69 Å². The van der Waals surface area contributed by atoms with Crippen LogP contribution in [0, 0.1) is 0 Å². The van der Waals surface area contributed by atoms with Crippen molar-refractivity contribution in [2.75, 3.05) is 18.5 Å². The molecule has 0 aliphatic rings. The molecule has 0 saturated heterocycles. The Bertz CT molecular complexity index is 610. The Balaban J connectivity index is 2.03. The lowest BCUT2D eigenvalue weighted by molar-refractivity contribution is -0.120.